The highest BCUT2D eigenvalue weighted by Crippen LogP contribution is 2.36. The van der Waals surface area contributed by atoms with Crippen molar-refractivity contribution in [2.75, 3.05) is 24.6 Å². The lowest BCUT2D eigenvalue weighted by Gasteiger charge is -2.48. The van der Waals surface area contributed by atoms with Gasteiger partial charge in [0, 0.05) is 18.6 Å². The molecule has 5 nitrogen and oxygen atoms in total. The van der Waals surface area contributed by atoms with E-state index in [1.165, 1.54) is 0 Å². The van der Waals surface area contributed by atoms with E-state index in [1.54, 1.807) is 13.8 Å². The van der Waals surface area contributed by atoms with E-state index in [0.717, 1.165) is 0 Å². The lowest BCUT2D eigenvalue weighted by atomic mass is 9.73. The van der Waals surface area contributed by atoms with Gasteiger partial charge in [0.1, 0.15) is 0 Å². The second kappa shape index (κ2) is 4.24. The van der Waals surface area contributed by atoms with Crippen LogP contribution in [0.1, 0.15) is 27.7 Å². The summed E-state index contributed by atoms with van der Waals surface area (Å²) in [5.41, 5.74) is -1.50. The van der Waals surface area contributed by atoms with Crippen molar-refractivity contribution in [1.82, 2.24) is 4.90 Å². The van der Waals surface area contributed by atoms with Crippen LogP contribution in [0.15, 0.2) is 0 Å². The fraction of sp³-hybridized carbons (Fsp3) is 0.909. The summed E-state index contributed by atoms with van der Waals surface area (Å²) in [5.74, 6) is -0.630. The van der Waals surface area contributed by atoms with Crippen LogP contribution in [0.25, 0.3) is 0 Å². The Kier molecular flexibility index (Phi) is 3.60. The zero-order valence-electron chi connectivity index (χ0n) is 10.9. The molecule has 1 rings (SSSR count). The molecule has 1 fully saturated rings. The normalized spacial score (nSPS) is 22.4. The van der Waals surface area contributed by atoms with Crippen molar-refractivity contribution in [3.8, 4) is 0 Å². The molecule has 0 amide bonds. The topological polar surface area (TPSA) is 74.7 Å². The zero-order valence-corrected chi connectivity index (χ0v) is 11.7. The molecule has 0 aromatic carbocycles. The number of hydrogen-bond donors (Lipinski definition) is 1. The van der Waals surface area contributed by atoms with Crippen LogP contribution in [0, 0.1) is 5.41 Å². The number of carboxylic acid groups (broad SMARTS) is 1. The predicted molar refractivity (Wildman–Crippen MR) is 65.7 cm³/mol. The number of carboxylic acids is 1. The summed E-state index contributed by atoms with van der Waals surface area (Å²) < 4.78 is 22.7. The van der Waals surface area contributed by atoms with E-state index in [-0.39, 0.29) is 11.5 Å². The molecule has 0 aromatic heterocycles. The number of hydrogen-bond acceptors (Lipinski definition) is 4. The highest BCUT2D eigenvalue weighted by Gasteiger charge is 2.48. The second-order valence-corrected chi connectivity index (χ2v) is 7.93. The molecule has 0 unspecified atom stereocenters. The standard InChI is InChI=1S/C11H21NO4S/c1-10(2,9(13)14)11(3,4)12-5-7-17(15,16)8-6-12/h5-8H2,1-4H3,(H,13,14). The SMILES string of the molecule is CC(C)(C(=O)O)C(C)(C)N1CCS(=O)(=O)CC1. The first-order chi connectivity index (χ1) is 7.51. The van der Waals surface area contributed by atoms with E-state index >= 15 is 0 Å². The van der Waals surface area contributed by atoms with E-state index in [9.17, 15) is 18.3 Å². The van der Waals surface area contributed by atoms with Gasteiger partial charge in [-0.2, -0.15) is 0 Å². The smallest absolute Gasteiger partial charge is 0.310 e. The number of nitrogens with zero attached hydrogens (tertiary/aromatic N) is 1. The van der Waals surface area contributed by atoms with Gasteiger partial charge in [0.2, 0.25) is 0 Å². The Balaban J connectivity index is 2.90. The minimum atomic E-state index is -2.93. The lowest BCUT2D eigenvalue weighted by Crippen LogP contribution is -2.60. The molecular weight excluding hydrogens is 242 g/mol. The molecule has 1 heterocycles. The average molecular weight is 263 g/mol. The van der Waals surface area contributed by atoms with Crippen LogP contribution in [-0.2, 0) is 14.6 Å². The van der Waals surface area contributed by atoms with Gasteiger partial charge in [-0.05, 0) is 27.7 Å². The van der Waals surface area contributed by atoms with Crippen molar-refractivity contribution >= 4 is 15.8 Å². The number of aliphatic carboxylic acids is 1. The molecule has 0 radical (unpaired) electrons. The fourth-order valence-electron chi connectivity index (χ4n) is 1.93. The van der Waals surface area contributed by atoms with E-state index in [0.29, 0.717) is 13.1 Å². The zero-order chi connectivity index (χ0) is 13.5. The third-order valence-corrected chi connectivity index (χ3v) is 5.81. The van der Waals surface area contributed by atoms with Crippen molar-refractivity contribution in [3.63, 3.8) is 0 Å². The summed E-state index contributed by atoms with van der Waals surface area (Å²) >= 11 is 0. The summed E-state index contributed by atoms with van der Waals surface area (Å²) in [6.45, 7) is 7.90. The first kappa shape index (κ1) is 14.4. The molecule has 0 aliphatic carbocycles. The van der Waals surface area contributed by atoms with Gasteiger partial charge in [-0.3, -0.25) is 9.69 Å². The summed E-state index contributed by atoms with van der Waals surface area (Å²) in [7, 11) is -2.93. The van der Waals surface area contributed by atoms with E-state index < -0.39 is 26.8 Å². The highest BCUT2D eigenvalue weighted by molar-refractivity contribution is 7.91. The van der Waals surface area contributed by atoms with E-state index in [4.69, 9.17) is 0 Å². The van der Waals surface area contributed by atoms with Gasteiger partial charge < -0.3 is 5.11 Å². The molecule has 0 saturated carbocycles. The fourth-order valence-corrected chi connectivity index (χ4v) is 3.13. The Morgan fingerprint density at radius 3 is 1.88 bits per heavy atom. The predicted octanol–water partition coefficient (Wildman–Crippen LogP) is 0.606. The van der Waals surface area contributed by atoms with Gasteiger partial charge in [-0.15, -0.1) is 0 Å². The number of carbonyl (C=O) groups is 1. The van der Waals surface area contributed by atoms with Gasteiger partial charge in [0.15, 0.2) is 9.84 Å². The van der Waals surface area contributed by atoms with Gasteiger partial charge in [-0.1, -0.05) is 0 Å². The Bertz CT molecular complexity index is 397. The van der Waals surface area contributed by atoms with Crippen LogP contribution in [-0.4, -0.2) is 54.5 Å². The van der Waals surface area contributed by atoms with Crippen molar-refractivity contribution in [1.29, 1.82) is 0 Å². The summed E-state index contributed by atoms with van der Waals surface area (Å²) in [6, 6.07) is 0. The molecule has 1 aliphatic heterocycles. The molecule has 1 aliphatic rings. The molecule has 0 atom stereocenters. The van der Waals surface area contributed by atoms with Gasteiger partial charge in [-0.25, -0.2) is 8.42 Å². The van der Waals surface area contributed by atoms with Crippen molar-refractivity contribution < 1.29 is 18.3 Å². The Labute approximate surface area is 103 Å². The average Bonchev–Trinajstić information content (AvgIpc) is 2.16. The van der Waals surface area contributed by atoms with Gasteiger partial charge >= 0.3 is 5.97 Å². The molecule has 17 heavy (non-hydrogen) atoms. The van der Waals surface area contributed by atoms with Crippen molar-refractivity contribution in [2.24, 2.45) is 5.41 Å². The third kappa shape index (κ3) is 2.63. The Morgan fingerprint density at radius 2 is 1.53 bits per heavy atom. The van der Waals surface area contributed by atoms with E-state index in [1.807, 2.05) is 18.7 Å². The van der Waals surface area contributed by atoms with E-state index in [2.05, 4.69) is 0 Å². The van der Waals surface area contributed by atoms with Gasteiger partial charge in [0.05, 0.1) is 16.9 Å². The Morgan fingerprint density at radius 1 is 1.12 bits per heavy atom. The first-order valence-corrected chi connectivity index (χ1v) is 7.52. The number of sulfone groups is 1. The monoisotopic (exact) mass is 263 g/mol. The molecule has 0 spiro atoms. The van der Waals surface area contributed by atoms with Crippen LogP contribution in [0.4, 0.5) is 0 Å². The Hall–Kier alpha value is -0.620. The van der Waals surface area contributed by atoms with Crippen molar-refractivity contribution in [3.05, 3.63) is 0 Å². The lowest BCUT2D eigenvalue weighted by molar-refractivity contribution is -0.155. The summed E-state index contributed by atoms with van der Waals surface area (Å²) in [5, 5.41) is 9.27. The maximum absolute atomic E-state index is 11.4. The largest absolute Gasteiger partial charge is 0.481 e. The minimum Gasteiger partial charge on any atom is -0.481 e. The molecule has 0 bridgehead atoms. The van der Waals surface area contributed by atoms with Crippen LogP contribution in [0.5, 0.6) is 0 Å². The molecular formula is C11H21NO4S. The summed E-state index contributed by atoms with van der Waals surface area (Å²) in [4.78, 5) is 13.3. The maximum atomic E-state index is 11.4. The van der Waals surface area contributed by atoms with Crippen LogP contribution >= 0.6 is 0 Å². The van der Waals surface area contributed by atoms with Crippen LogP contribution in [0.2, 0.25) is 0 Å². The van der Waals surface area contributed by atoms with Crippen LogP contribution < -0.4 is 0 Å². The molecule has 1 N–H and O–H groups in total. The molecule has 0 aromatic rings. The molecule has 100 valence electrons. The minimum absolute atomic E-state index is 0.117. The van der Waals surface area contributed by atoms with Crippen molar-refractivity contribution in [2.45, 2.75) is 33.2 Å². The van der Waals surface area contributed by atoms with Crippen LogP contribution in [0.3, 0.4) is 0 Å². The third-order valence-electron chi connectivity index (χ3n) is 4.20. The molecule has 6 heteroatoms. The second-order valence-electron chi connectivity index (χ2n) is 5.63. The first-order valence-electron chi connectivity index (χ1n) is 5.69. The maximum Gasteiger partial charge on any atom is 0.310 e. The quantitative estimate of drug-likeness (QED) is 0.807. The molecule has 1 saturated heterocycles. The highest BCUT2D eigenvalue weighted by atomic mass is 32.2. The van der Waals surface area contributed by atoms with Gasteiger partial charge in [0.25, 0.3) is 0 Å². The number of rotatable bonds is 3. The summed E-state index contributed by atoms with van der Waals surface area (Å²) in [6.07, 6.45) is 0.